The lowest BCUT2D eigenvalue weighted by atomic mass is 9.92. The molecule has 4 nitrogen and oxygen atoms in total. The van der Waals surface area contributed by atoms with Gasteiger partial charge >= 0.3 is 0 Å². The molecular weight excluding hydrogens is 352 g/mol. The van der Waals surface area contributed by atoms with Crippen LogP contribution < -0.4 is 4.74 Å². The summed E-state index contributed by atoms with van der Waals surface area (Å²) in [4.78, 5) is 0. The molecule has 0 amide bonds. The monoisotopic (exact) mass is 380 g/mol. The number of hydrogen-bond acceptors (Lipinski definition) is 4. The van der Waals surface area contributed by atoms with Gasteiger partial charge in [-0.2, -0.15) is 0 Å². The van der Waals surface area contributed by atoms with Crippen molar-refractivity contribution in [2.45, 2.75) is 32.2 Å². The Labute approximate surface area is 166 Å². The first-order valence-corrected chi connectivity index (χ1v) is 9.98. The van der Waals surface area contributed by atoms with Gasteiger partial charge in [0.1, 0.15) is 5.75 Å². The Morgan fingerprint density at radius 3 is 2.71 bits per heavy atom. The van der Waals surface area contributed by atoms with Gasteiger partial charge in [0, 0.05) is 23.5 Å². The van der Waals surface area contributed by atoms with Crippen LogP contribution in [0.2, 0.25) is 0 Å². The van der Waals surface area contributed by atoms with E-state index in [4.69, 9.17) is 18.9 Å². The van der Waals surface area contributed by atoms with Crippen LogP contribution >= 0.6 is 0 Å². The molecule has 4 rings (SSSR count). The fourth-order valence-electron chi connectivity index (χ4n) is 4.30. The minimum Gasteiger partial charge on any atom is -0.496 e. The SMILES string of the molecule is C/C=C\C(=C/C)[C@]1(c2ccc3ccccc3c2OC)OCC(C2CCOC2)O1. The molecule has 28 heavy (non-hydrogen) atoms. The minimum absolute atomic E-state index is 0.00103. The van der Waals surface area contributed by atoms with E-state index in [1.807, 2.05) is 32.1 Å². The number of fused-ring (bicyclic) bond motifs is 1. The summed E-state index contributed by atoms with van der Waals surface area (Å²) in [5.41, 5.74) is 1.88. The normalized spacial score (nSPS) is 28.5. The second-order valence-corrected chi connectivity index (χ2v) is 7.32. The number of benzene rings is 2. The van der Waals surface area contributed by atoms with E-state index >= 15 is 0 Å². The predicted octanol–water partition coefficient (Wildman–Crippen LogP) is 4.98. The number of ether oxygens (including phenoxy) is 4. The molecule has 0 N–H and O–H groups in total. The maximum Gasteiger partial charge on any atom is 0.226 e. The first-order valence-electron chi connectivity index (χ1n) is 9.98. The summed E-state index contributed by atoms with van der Waals surface area (Å²) in [5, 5.41) is 2.18. The van der Waals surface area contributed by atoms with E-state index in [0.717, 1.165) is 47.3 Å². The van der Waals surface area contributed by atoms with Crippen LogP contribution in [0.25, 0.3) is 10.8 Å². The Hall–Kier alpha value is -2.14. The molecule has 2 aromatic carbocycles. The van der Waals surface area contributed by atoms with Crippen molar-refractivity contribution in [1.29, 1.82) is 0 Å². The fourth-order valence-corrected chi connectivity index (χ4v) is 4.30. The predicted molar refractivity (Wildman–Crippen MR) is 111 cm³/mol. The van der Waals surface area contributed by atoms with Gasteiger partial charge in [-0.3, -0.25) is 0 Å². The van der Waals surface area contributed by atoms with Crippen LogP contribution in [0.4, 0.5) is 0 Å². The van der Waals surface area contributed by atoms with Crippen LogP contribution in [0.1, 0.15) is 25.8 Å². The van der Waals surface area contributed by atoms with Crippen LogP contribution in [0, 0.1) is 5.92 Å². The van der Waals surface area contributed by atoms with Crippen LogP contribution in [-0.2, 0) is 20.0 Å². The van der Waals surface area contributed by atoms with Crippen molar-refractivity contribution in [1.82, 2.24) is 0 Å². The molecule has 0 spiro atoms. The van der Waals surface area contributed by atoms with Crippen molar-refractivity contribution >= 4 is 10.8 Å². The van der Waals surface area contributed by atoms with E-state index in [2.05, 4.69) is 36.4 Å². The van der Waals surface area contributed by atoms with E-state index in [-0.39, 0.29) is 6.10 Å². The summed E-state index contributed by atoms with van der Waals surface area (Å²) >= 11 is 0. The van der Waals surface area contributed by atoms with Gasteiger partial charge in [0.15, 0.2) is 0 Å². The molecule has 0 aromatic heterocycles. The van der Waals surface area contributed by atoms with Crippen LogP contribution in [-0.4, -0.2) is 33.0 Å². The highest BCUT2D eigenvalue weighted by atomic mass is 16.7. The van der Waals surface area contributed by atoms with Crippen molar-refractivity contribution in [2.24, 2.45) is 5.92 Å². The molecule has 0 aliphatic carbocycles. The Bertz CT molecular complexity index is 895. The van der Waals surface area contributed by atoms with Crippen molar-refractivity contribution in [3.8, 4) is 5.75 Å². The second-order valence-electron chi connectivity index (χ2n) is 7.32. The van der Waals surface area contributed by atoms with Crippen LogP contribution in [0.3, 0.4) is 0 Å². The molecule has 2 heterocycles. The molecule has 148 valence electrons. The van der Waals surface area contributed by atoms with Gasteiger partial charge in [-0.1, -0.05) is 48.6 Å². The zero-order chi connectivity index (χ0) is 19.6. The highest BCUT2D eigenvalue weighted by Crippen LogP contribution is 2.48. The molecule has 2 unspecified atom stereocenters. The Kier molecular flexibility index (Phi) is 5.54. The topological polar surface area (TPSA) is 36.9 Å². The van der Waals surface area contributed by atoms with Crippen molar-refractivity contribution in [3.63, 3.8) is 0 Å². The minimum atomic E-state index is -0.982. The molecule has 2 aliphatic rings. The van der Waals surface area contributed by atoms with Gasteiger partial charge in [-0.15, -0.1) is 0 Å². The maximum atomic E-state index is 6.71. The zero-order valence-corrected chi connectivity index (χ0v) is 16.8. The Balaban J connectivity index is 1.86. The molecule has 3 atom stereocenters. The van der Waals surface area contributed by atoms with E-state index < -0.39 is 5.79 Å². The van der Waals surface area contributed by atoms with E-state index in [1.54, 1.807) is 7.11 Å². The zero-order valence-electron chi connectivity index (χ0n) is 16.8. The van der Waals surface area contributed by atoms with E-state index in [0.29, 0.717) is 12.5 Å². The summed E-state index contributed by atoms with van der Waals surface area (Å²) in [5.74, 6) is 0.173. The highest BCUT2D eigenvalue weighted by molar-refractivity contribution is 5.90. The van der Waals surface area contributed by atoms with Gasteiger partial charge in [-0.05, 0) is 31.7 Å². The molecule has 0 bridgehead atoms. The van der Waals surface area contributed by atoms with Gasteiger partial charge in [0.25, 0.3) is 0 Å². The van der Waals surface area contributed by atoms with Gasteiger partial charge in [0.05, 0.1) is 32.0 Å². The third kappa shape index (κ3) is 3.16. The van der Waals surface area contributed by atoms with Gasteiger partial charge in [0.2, 0.25) is 5.79 Å². The van der Waals surface area contributed by atoms with E-state index in [1.165, 1.54) is 0 Å². The first-order chi connectivity index (χ1) is 13.7. The van der Waals surface area contributed by atoms with Gasteiger partial charge in [-0.25, -0.2) is 0 Å². The lowest BCUT2D eigenvalue weighted by molar-refractivity contribution is -0.150. The van der Waals surface area contributed by atoms with Crippen molar-refractivity contribution in [2.75, 3.05) is 26.9 Å². The second kappa shape index (κ2) is 8.08. The molecule has 0 radical (unpaired) electrons. The largest absolute Gasteiger partial charge is 0.496 e. The quantitative estimate of drug-likeness (QED) is 0.686. The number of allylic oxidation sites excluding steroid dienone is 2. The fraction of sp³-hybridized carbons (Fsp3) is 0.417. The molecular formula is C24H28O4. The number of rotatable bonds is 5. The molecule has 0 saturated carbocycles. The van der Waals surface area contributed by atoms with Gasteiger partial charge < -0.3 is 18.9 Å². The molecule has 2 fully saturated rings. The molecule has 4 heteroatoms. The van der Waals surface area contributed by atoms with Crippen LogP contribution in [0.15, 0.2) is 60.2 Å². The maximum absolute atomic E-state index is 6.71. The summed E-state index contributed by atoms with van der Waals surface area (Å²) in [6.45, 7) is 6.09. The molecule has 2 saturated heterocycles. The first kappa shape index (κ1) is 19.2. The lowest BCUT2D eigenvalue weighted by Gasteiger charge is -2.32. The Morgan fingerprint density at radius 1 is 1.14 bits per heavy atom. The lowest BCUT2D eigenvalue weighted by Crippen LogP contribution is -2.32. The van der Waals surface area contributed by atoms with Crippen LogP contribution in [0.5, 0.6) is 5.75 Å². The Morgan fingerprint density at radius 2 is 2.00 bits per heavy atom. The number of hydrogen-bond donors (Lipinski definition) is 0. The third-order valence-electron chi connectivity index (χ3n) is 5.73. The number of methoxy groups -OCH3 is 1. The average Bonchev–Trinajstić information content (AvgIpc) is 3.41. The molecule has 2 aromatic rings. The van der Waals surface area contributed by atoms with Crippen molar-refractivity contribution in [3.05, 3.63) is 65.8 Å². The molecule has 2 aliphatic heterocycles. The summed E-state index contributed by atoms with van der Waals surface area (Å²) in [6, 6.07) is 12.4. The standard InChI is InChI=1S/C24H28O4/c1-4-8-19(5-2)24(27-16-22(28-24)18-13-14-26-15-18)21-12-11-17-9-6-7-10-20(17)23(21)25-3/h4-12,18,22H,13-16H2,1-3H3/b8-4-,19-5+/t18?,22?,24-/m0/s1. The smallest absolute Gasteiger partial charge is 0.226 e. The highest BCUT2D eigenvalue weighted by Gasteiger charge is 2.49. The summed E-state index contributed by atoms with van der Waals surface area (Å²) < 4.78 is 24.7. The average molecular weight is 380 g/mol. The summed E-state index contributed by atoms with van der Waals surface area (Å²) in [7, 11) is 1.71. The third-order valence-corrected chi connectivity index (χ3v) is 5.73. The van der Waals surface area contributed by atoms with E-state index in [9.17, 15) is 0 Å². The van der Waals surface area contributed by atoms with Crippen molar-refractivity contribution < 1.29 is 18.9 Å². The summed E-state index contributed by atoms with van der Waals surface area (Å²) in [6.07, 6.45) is 7.14.